The molecule has 0 bridgehead atoms. The molecule has 2 aromatic carbocycles. The summed E-state index contributed by atoms with van der Waals surface area (Å²) in [4.78, 5) is 24.1. The summed E-state index contributed by atoms with van der Waals surface area (Å²) in [5.74, 6) is -2.03. The molecule has 3 rings (SSSR count). The maximum absolute atomic E-state index is 12.6. The van der Waals surface area contributed by atoms with Crippen molar-refractivity contribution in [2.45, 2.75) is 6.18 Å². The van der Waals surface area contributed by atoms with Gasteiger partial charge in [-0.15, -0.1) is 0 Å². The van der Waals surface area contributed by atoms with E-state index in [2.05, 4.69) is 0 Å². The van der Waals surface area contributed by atoms with Gasteiger partial charge in [-0.1, -0.05) is 29.8 Å². The summed E-state index contributed by atoms with van der Waals surface area (Å²) in [5.41, 5.74) is -0.112. The lowest BCUT2D eigenvalue weighted by Gasteiger charge is -2.19. The highest BCUT2D eigenvalue weighted by Crippen LogP contribution is 2.32. The molecule has 0 N–H and O–H groups in total. The molecule has 0 aliphatic carbocycles. The van der Waals surface area contributed by atoms with Crippen molar-refractivity contribution in [3.63, 3.8) is 0 Å². The minimum absolute atomic E-state index is 0.0562. The molecule has 0 unspecified atom stereocenters. The van der Waals surface area contributed by atoms with Crippen molar-refractivity contribution in [1.82, 2.24) is 0 Å². The Morgan fingerprint density at radius 1 is 1.08 bits per heavy atom. The Kier molecular flexibility index (Phi) is 4.50. The number of alkyl halides is 3. The molecule has 1 heterocycles. The van der Waals surface area contributed by atoms with Gasteiger partial charge >= 0.3 is 17.7 Å². The van der Waals surface area contributed by atoms with Crippen LogP contribution in [0.15, 0.2) is 57.7 Å². The Morgan fingerprint density at radius 3 is 2.46 bits per heavy atom. The van der Waals surface area contributed by atoms with Crippen LogP contribution in [0.4, 0.5) is 18.9 Å². The number of halogens is 4. The summed E-state index contributed by atoms with van der Waals surface area (Å²) in [7, 11) is 0.992. The smallest absolute Gasteiger partial charge is 0.422 e. The van der Waals surface area contributed by atoms with E-state index in [1.54, 1.807) is 24.3 Å². The van der Waals surface area contributed by atoms with Crippen molar-refractivity contribution in [1.29, 1.82) is 0 Å². The van der Waals surface area contributed by atoms with Crippen molar-refractivity contribution in [3.05, 3.63) is 64.0 Å². The molecule has 0 radical (unpaired) electrons. The standard InChI is InChI=1S/C18H11ClF3NO3/c1-23(17(25)18(20,21)22)11-6-7-14(19)12(9-11)13-8-10-4-2-3-5-15(10)26-16(13)24/h2-9H,1H3. The zero-order valence-corrected chi connectivity index (χ0v) is 14.1. The Hall–Kier alpha value is -2.80. The normalized spacial score (nSPS) is 11.6. The molecule has 134 valence electrons. The van der Waals surface area contributed by atoms with Crippen LogP contribution in [0.2, 0.25) is 5.02 Å². The lowest BCUT2D eigenvalue weighted by Crippen LogP contribution is -2.38. The minimum Gasteiger partial charge on any atom is -0.422 e. The molecule has 0 atom stereocenters. The summed E-state index contributed by atoms with van der Waals surface area (Å²) in [6, 6.07) is 12.2. The van der Waals surface area contributed by atoms with E-state index >= 15 is 0 Å². The molecule has 0 aliphatic heterocycles. The van der Waals surface area contributed by atoms with Gasteiger partial charge in [0.25, 0.3) is 0 Å². The van der Waals surface area contributed by atoms with Crippen LogP contribution >= 0.6 is 11.6 Å². The van der Waals surface area contributed by atoms with E-state index in [1.165, 1.54) is 24.3 Å². The van der Waals surface area contributed by atoms with Crippen LogP contribution in [0.1, 0.15) is 0 Å². The van der Waals surface area contributed by atoms with Crippen LogP contribution in [0.3, 0.4) is 0 Å². The fourth-order valence-corrected chi connectivity index (χ4v) is 2.70. The van der Waals surface area contributed by atoms with Crippen molar-refractivity contribution in [2.24, 2.45) is 0 Å². The number of fused-ring (bicyclic) bond motifs is 1. The minimum atomic E-state index is -5.02. The third kappa shape index (κ3) is 3.30. The van der Waals surface area contributed by atoms with Crippen molar-refractivity contribution in [3.8, 4) is 11.1 Å². The quantitative estimate of drug-likeness (QED) is 0.608. The molecule has 0 spiro atoms. The number of hydrogen-bond donors (Lipinski definition) is 0. The Morgan fingerprint density at radius 2 is 1.77 bits per heavy atom. The number of anilines is 1. The fraction of sp³-hybridized carbons (Fsp3) is 0.111. The number of carbonyl (C=O) groups excluding carboxylic acids is 1. The molecule has 0 saturated carbocycles. The summed E-state index contributed by atoms with van der Waals surface area (Å²) >= 11 is 6.12. The molecular weight excluding hydrogens is 371 g/mol. The molecule has 1 aromatic heterocycles. The highest BCUT2D eigenvalue weighted by atomic mass is 35.5. The monoisotopic (exact) mass is 381 g/mol. The summed E-state index contributed by atoms with van der Waals surface area (Å²) in [5, 5.41) is 0.771. The topological polar surface area (TPSA) is 50.5 Å². The van der Waals surface area contributed by atoms with E-state index in [0.717, 1.165) is 7.05 Å². The second-order valence-electron chi connectivity index (χ2n) is 5.51. The van der Waals surface area contributed by atoms with Crippen molar-refractivity contribution < 1.29 is 22.4 Å². The van der Waals surface area contributed by atoms with E-state index < -0.39 is 17.7 Å². The van der Waals surface area contributed by atoms with Gasteiger partial charge < -0.3 is 9.32 Å². The number of hydrogen-bond acceptors (Lipinski definition) is 3. The van der Waals surface area contributed by atoms with Crippen LogP contribution in [-0.4, -0.2) is 19.1 Å². The average Bonchev–Trinajstić information content (AvgIpc) is 2.59. The maximum atomic E-state index is 12.6. The van der Waals surface area contributed by atoms with Crippen molar-refractivity contribution >= 4 is 34.2 Å². The molecule has 4 nitrogen and oxygen atoms in total. The Balaban J connectivity index is 2.13. The largest absolute Gasteiger partial charge is 0.471 e. The molecular formula is C18H11ClF3NO3. The molecule has 8 heteroatoms. The van der Waals surface area contributed by atoms with Gasteiger partial charge in [0.2, 0.25) is 0 Å². The number of amides is 1. The van der Waals surface area contributed by atoms with E-state index in [4.69, 9.17) is 16.0 Å². The van der Waals surface area contributed by atoms with Crippen LogP contribution in [0, 0.1) is 0 Å². The summed E-state index contributed by atoms with van der Waals surface area (Å²) in [6.07, 6.45) is -5.02. The molecule has 0 aliphatic rings. The van der Waals surface area contributed by atoms with Gasteiger partial charge in [0, 0.05) is 28.7 Å². The summed E-state index contributed by atoms with van der Waals surface area (Å²) in [6.45, 7) is 0. The van der Waals surface area contributed by atoms with E-state index in [-0.39, 0.29) is 21.8 Å². The molecule has 3 aromatic rings. The van der Waals surface area contributed by atoms with Crippen LogP contribution in [-0.2, 0) is 4.79 Å². The van der Waals surface area contributed by atoms with Gasteiger partial charge in [0.15, 0.2) is 0 Å². The highest BCUT2D eigenvalue weighted by Gasteiger charge is 2.41. The number of nitrogens with zero attached hydrogens (tertiary/aromatic N) is 1. The third-order valence-corrected chi connectivity index (χ3v) is 4.15. The first-order valence-electron chi connectivity index (χ1n) is 7.36. The molecule has 1 amide bonds. The summed E-state index contributed by atoms with van der Waals surface area (Å²) < 4.78 is 43.2. The predicted octanol–water partition coefficient (Wildman–Crippen LogP) is 4.64. The van der Waals surface area contributed by atoms with E-state index in [1.807, 2.05) is 0 Å². The van der Waals surface area contributed by atoms with Crippen molar-refractivity contribution in [2.75, 3.05) is 11.9 Å². The second-order valence-corrected chi connectivity index (χ2v) is 5.92. The maximum Gasteiger partial charge on any atom is 0.471 e. The van der Waals surface area contributed by atoms with Gasteiger partial charge in [-0.25, -0.2) is 4.79 Å². The number of benzene rings is 2. The van der Waals surface area contributed by atoms with E-state index in [0.29, 0.717) is 15.9 Å². The van der Waals surface area contributed by atoms with Gasteiger partial charge in [-0.05, 0) is 30.3 Å². The van der Waals surface area contributed by atoms with Gasteiger partial charge in [-0.3, -0.25) is 4.79 Å². The molecule has 0 saturated heterocycles. The zero-order valence-electron chi connectivity index (χ0n) is 13.3. The number of para-hydroxylation sites is 1. The van der Waals surface area contributed by atoms with Crippen LogP contribution < -0.4 is 10.5 Å². The number of rotatable bonds is 2. The lowest BCUT2D eigenvalue weighted by molar-refractivity contribution is -0.170. The molecule has 26 heavy (non-hydrogen) atoms. The fourth-order valence-electron chi connectivity index (χ4n) is 2.49. The zero-order chi connectivity index (χ0) is 19.1. The van der Waals surface area contributed by atoms with Crippen LogP contribution in [0.25, 0.3) is 22.1 Å². The first-order valence-corrected chi connectivity index (χ1v) is 7.74. The SMILES string of the molecule is CN(C(=O)C(F)(F)F)c1ccc(Cl)c(-c2cc3ccccc3oc2=O)c1. The third-order valence-electron chi connectivity index (χ3n) is 3.82. The van der Waals surface area contributed by atoms with Gasteiger partial charge in [-0.2, -0.15) is 13.2 Å². The first-order chi connectivity index (χ1) is 12.2. The number of carbonyl (C=O) groups is 1. The average molecular weight is 382 g/mol. The predicted molar refractivity (Wildman–Crippen MR) is 92.4 cm³/mol. The first kappa shape index (κ1) is 18.0. The molecule has 0 fully saturated rings. The Bertz CT molecular complexity index is 1060. The highest BCUT2D eigenvalue weighted by molar-refractivity contribution is 6.33. The van der Waals surface area contributed by atoms with E-state index in [9.17, 15) is 22.8 Å². The second kappa shape index (κ2) is 6.49. The van der Waals surface area contributed by atoms with Crippen LogP contribution in [0.5, 0.6) is 0 Å². The Labute approximate surface area is 150 Å². The van der Waals surface area contributed by atoms with Gasteiger partial charge in [0.05, 0.1) is 5.56 Å². The van der Waals surface area contributed by atoms with Gasteiger partial charge in [0.1, 0.15) is 5.58 Å². The lowest BCUT2D eigenvalue weighted by atomic mass is 10.0.